The van der Waals surface area contributed by atoms with Gasteiger partial charge in [-0.3, -0.25) is 4.79 Å². The van der Waals surface area contributed by atoms with Crippen LogP contribution in [0.3, 0.4) is 0 Å². The number of hydrogen-bond acceptors (Lipinski definition) is 8. The van der Waals surface area contributed by atoms with E-state index in [9.17, 15) is 4.79 Å². The van der Waals surface area contributed by atoms with E-state index < -0.39 is 12.0 Å². The molecule has 1 atom stereocenters. The molecule has 0 aliphatic rings. The Bertz CT molecular complexity index is 828. The highest BCUT2D eigenvalue weighted by atomic mass is 32.1. The van der Waals surface area contributed by atoms with Gasteiger partial charge in [0.25, 0.3) is 0 Å². The van der Waals surface area contributed by atoms with Gasteiger partial charge in [0.1, 0.15) is 18.4 Å². The first kappa shape index (κ1) is 22.4. The molecular formula is C21H24N2O5S. The van der Waals surface area contributed by atoms with Gasteiger partial charge >= 0.3 is 5.97 Å². The Kier molecular flexibility index (Phi) is 9.11. The zero-order valence-corrected chi connectivity index (χ0v) is 17.2. The van der Waals surface area contributed by atoms with Crippen molar-refractivity contribution in [3.8, 4) is 17.2 Å². The van der Waals surface area contributed by atoms with Crippen molar-refractivity contribution in [1.82, 2.24) is 0 Å². The Balaban J connectivity index is 1.82. The minimum atomic E-state index is -0.703. The number of isothiocyanates is 1. The lowest BCUT2D eigenvalue weighted by Gasteiger charge is -2.14. The molecule has 0 saturated heterocycles. The van der Waals surface area contributed by atoms with Crippen molar-refractivity contribution in [2.24, 2.45) is 10.7 Å². The molecule has 0 amide bonds. The summed E-state index contributed by atoms with van der Waals surface area (Å²) < 4.78 is 21.6. The molecule has 8 heteroatoms. The number of methoxy groups -OCH3 is 2. The number of aliphatic imine (C=N–C) groups is 1. The topological polar surface area (TPSA) is 92.4 Å². The number of nitrogens with two attached hydrogens (primary N) is 1. The van der Waals surface area contributed by atoms with Crippen LogP contribution >= 0.6 is 12.2 Å². The maximum Gasteiger partial charge on any atom is 0.323 e. The smallest absolute Gasteiger partial charge is 0.323 e. The lowest BCUT2D eigenvalue weighted by Crippen LogP contribution is -2.32. The molecule has 0 saturated carbocycles. The quantitative estimate of drug-likeness (QED) is 0.259. The average Bonchev–Trinajstić information content (AvgIpc) is 2.76. The van der Waals surface area contributed by atoms with Crippen molar-refractivity contribution in [2.45, 2.75) is 25.5 Å². The minimum absolute atomic E-state index is 0.208. The van der Waals surface area contributed by atoms with E-state index in [4.69, 9.17) is 24.7 Å². The van der Waals surface area contributed by atoms with Crippen molar-refractivity contribution in [2.75, 3.05) is 20.8 Å². The Hall–Kier alpha value is -2.93. The van der Waals surface area contributed by atoms with Gasteiger partial charge in [0.05, 0.1) is 26.0 Å². The lowest BCUT2D eigenvalue weighted by atomic mass is 10.2. The monoisotopic (exact) mass is 416 g/mol. The van der Waals surface area contributed by atoms with Crippen LogP contribution in [0.1, 0.15) is 18.4 Å². The summed E-state index contributed by atoms with van der Waals surface area (Å²) in [7, 11) is 3.03. The number of carbonyl (C=O) groups is 1. The van der Waals surface area contributed by atoms with Crippen molar-refractivity contribution in [3.05, 3.63) is 48.0 Å². The first-order valence-corrected chi connectivity index (χ1v) is 9.42. The van der Waals surface area contributed by atoms with Gasteiger partial charge < -0.3 is 24.7 Å². The second-order valence-corrected chi connectivity index (χ2v) is 6.25. The Labute approximate surface area is 175 Å². The number of nitrogens with zero attached hydrogens (tertiary/aromatic N) is 1. The fraction of sp³-hybridized carbons (Fsp3) is 0.333. The molecule has 0 aliphatic heterocycles. The summed E-state index contributed by atoms with van der Waals surface area (Å²) in [6.07, 6.45) is 1.02. The fourth-order valence-electron chi connectivity index (χ4n) is 2.56. The van der Waals surface area contributed by atoms with E-state index in [-0.39, 0.29) is 6.61 Å². The highest BCUT2D eigenvalue weighted by Gasteiger charge is 2.16. The molecule has 2 aromatic rings. The zero-order chi connectivity index (χ0) is 21.1. The Morgan fingerprint density at radius 3 is 2.41 bits per heavy atom. The van der Waals surface area contributed by atoms with E-state index in [2.05, 4.69) is 22.4 Å². The molecule has 0 heterocycles. The van der Waals surface area contributed by atoms with Gasteiger partial charge in [0.15, 0.2) is 17.2 Å². The number of rotatable bonds is 11. The summed E-state index contributed by atoms with van der Waals surface area (Å²) in [6.45, 7) is 0.571. The average molecular weight is 416 g/mol. The predicted octanol–water partition coefficient (Wildman–Crippen LogP) is 3.67. The second-order valence-electron chi connectivity index (χ2n) is 6.07. The number of ether oxygens (including phenoxy) is 4. The first-order valence-electron chi connectivity index (χ1n) is 9.01. The molecule has 0 bridgehead atoms. The molecule has 7 nitrogen and oxygen atoms in total. The van der Waals surface area contributed by atoms with Gasteiger partial charge in [-0.2, -0.15) is 4.99 Å². The number of esters is 1. The van der Waals surface area contributed by atoms with Crippen molar-refractivity contribution >= 4 is 29.0 Å². The summed E-state index contributed by atoms with van der Waals surface area (Å²) >= 11 is 4.65. The Morgan fingerprint density at radius 2 is 1.83 bits per heavy atom. The number of hydrogen-bond donors (Lipinski definition) is 1. The molecular weight excluding hydrogens is 392 g/mol. The largest absolute Gasteiger partial charge is 0.494 e. The van der Waals surface area contributed by atoms with Gasteiger partial charge in [0, 0.05) is 12.1 Å². The van der Waals surface area contributed by atoms with Gasteiger partial charge in [-0.05, 0) is 30.6 Å². The minimum Gasteiger partial charge on any atom is -0.494 e. The van der Waals surface area contributed by atoms with E-state index in [0.717, 1.165) is 5.56 Å². The van der Waals surface area contributed by atoms with Crippen LogP contribution in [0, 0.1) is 0 Å². The van der Waals surface area contributed by atoms with Crippen LogP contribution in [-0.2, 0) is 16.1 Å². The normalized spacial score (nSPS) is 11.1. The van der Waals surface area contributed by atoms with E-state index in [1.54, 1.807) is 12.1 Å². The summed E-state index contributed by atoms with van der Waals surface area (Å²) in [5.41, 5.74) is 7.27. The van der Waals surface area contributed by atoms with Gasteiger partial charge in [-0.1, -0.05) is 30.3 Å². The summed E-state index contributed by atoms with van der Waals surface area (Å²) in [6, 6.07) is 12.1. The molecule has 29 heavy (non-hydrogen) atoms. The number of thiocarbonyl (C=S) groups is 1. The summed E-state index contributed by atoms with van der Waals surface area (Å²) in [5, 5.41) is 2.30. The van der Waals surface area contributed by atoms with Crippen LogP contribution in [0.15, 0.2) is 47.5 Å². The highest BCUT2D eigenvalue weighted by molar-refractivity contribution is 7.78. The van der Waals surface area contributed by atoms with Gasteiger partial charge in [0.2, 0.25) is 0 Å². The van der Waals surface area contributed by atoms with Crippen molar-refractivity contribution < 1.29 is 23.7 Å². The number of carbonyl (C=O) groups excluding carboxylic acids is 1. The van der Waals surface area contributed by atoms with E-state index in [1.807, 2.05) is 30.3 Å². The van der Waals surface area contributed by atoms with Gasteiger partial charge in [-0.25, -0.2) is 0 Å². The van der Waals surface area contributed by atoms with Gasteiger partial charge in [-0.15, -0.1) is 0 Å². The first-order chi connectivity index (χ1) is 14.1. The van der Waals surface area contributed by atoms with E-state index in [0.29, 0.717) is 42.4 Å². The maximum absolute atomic E-state index is 12.0. The van der Waals surface area contributed by atoms with Crippen LogP contribution in [-0.4, -0.2) is 38.0 Å². The van der Waals surface area contributed by atoms with Crippen LogP contribution in [0.25, 0.3) is 0 Å². The fourth-order valence-corrected chi connectivity index (χ4v) is 2.65. The van der Waals surface area contributed by atoms with Crippen LogP contribution in [0.2, 0.25) is 0 Å². The third-order valence-electron chi connectivity index (χ3n) is 4.07. The molecule has 2 rings (SSSR count). The van der Waals surface area contributed by atoms with Crippen molar-refractivity contribution in [3.63, 3.8) is 0 Å². The summed E-state index contributed by atoms with van der Waals surface area (Å²) in [5.74, 6) is 1.03. The third kappa shape index (κ3) is 6.87. The highest BCUT2D eigenvalue weighted by Crippen LogP contribution is 2.40. The zero-order valence-electron chi connectivity index (χ0n) is 16.4. The molecule has 0 aliphatic carbocycles. The molecule has 0 radical (unpaired) electrons. The molecule has 154 valence electrons. The molecule has 0 unspecified atom stereocenters. The molecule has 0 fully saturated rings. The summed E-state index contributed by atoms with van der Waals surface area (Å²) in [4.78, 5) is 16.0. The standard InChI is InChI=1S/C21H24N2O5S/c1-25-18-11-16(12-19(26-2)20(18)23-14-29)27-10-6-9-17(22)21(24)28-13-15-7-4-3-5-8-15/h3-5,7-8,11-12,17H,6,9-10,13,22H2,1-2H3/t17-/m0/s1. The molecule has 2 N–H and O–H groups in total. The predicted molar refractivity (Wildman–Crippen MR) is 113 cm³/mol. The molecule has 2 aromatic carbocycles. The lowest BCUT2D eigenvalue weighted by molar-refractivity contribution is -0.146. The van der Waals surface area contributed by atoms with Crippen LogP contribution in [0.4, 0.5) is 5.69 Å². The van der Waals surface area contributed by atoms with Crippen LogP contribution < -0.4 is 19.9 Å². The number of benzene rings is 2. The van der Waals surface area contributed by atoms with E-state index >= 15 is 0 Å². The third-order valence-corrected chi connectivity index (χ3v) is 4.16. The Morgan fingerprint density at radius 1 is 1.17 bits per heavy atom. The molecule has 0 spiro atoms. The van der Waals surface area contributed by atoms with E-state index in [1.165, 1.54) is 14.2 Å². The maximum atomic E-state index is 12.0. The van der Waals surface area contributed by atoms with Crippen LogP contribution in [0.5, 0.6) is 17.2 Å². The molecule has 0 aromatic heterocycles. The SMILES string of the molecule is COc1cc(OCCC[C@H](N)C(=O)OCc2ccccc2)cc(OC)c1N=C=S. The van der Waals surface area contributed by atoms with Crippen molar-refractivity contribution in [1.29, 1.82) is 0 Å². The second kappa shape index (κ2) is 11.8.